The number of benzene rings is 2. The third-order valence-electron chi connectivity index (χ3n) is 5.51. The van der Waals surface area contributed by atoms with Crippen LogP contribution in [0.3, 0.4) is 0 Å². The third-order valence-corrected chi connectivity index (χ3v) is 5.83. The Morgan fingerprint density at radius 3 is 2.73 bits per heavy atom. The minimum Gasteiger partial charge on any atom is -0.396 e. The van der Waals surface area contributed by atoms with Crippen molar-refractivity contribution >= 4 is 40.0 Å². The number of aliphatic hydroxyl groups excluding tert-OH is 1. The van der Waals surface area contributed by atoms with Crippen LogP contribution in [-0.4, -0.2) is 44.6 Å². The summed E-state index contributed by atoms with van der Waals surface area (Å²) >= 11 is 6.43. The van der Waals surface area contributed by atoms with Gasteiger partial charge < -0.3 is 15.7 Å². The number of nitrogens with one attached hydrogen (secondary N) is 2. The number of carbonyl (C=O) groups is 1. The molecule has 3 N–H and O–H groups in total. The maximum absolute atomic E-state index is 14.1. The lowest BCUT2D eigenvalue weighted by Crippen LogP contribution is -2.25. The number of nitrogens with zero attached hydrogens (tertiary/aromatic N) is 3. The molecule has 170 valence electrons. The number of fused-ring (bicyclic) bond motifs is 3. The van der Waals surface area contributed by atoms with Gasteiger partial charge in [-0.15, -0.1) is 0 Å². The van der Waals surface area contributed by atoms with Crippen molar-refractivity contribution in [3.63, 3.8) is 0 Å². The van der Waals surface area contributed by atoms with Crippen LogP contribution >= 0.6 is 11.6 Å². The molecular weight excluding hydrogens is 452 g/mol. The summed E-state index contributed by atoms with van der Waals surface area (Å²) in [6, 6.07) is 7.34. The summed E-state index contributed by atoms with van der Waals surface area (Å²) in [6.45, 7) is 0.419. The molecule has 1 saturated carbocycles. The van der Waals surface area contributed by atoms with E-state index >= 15 is 0 Å². The molecule has 0 unspecified atom stereocenters. The highest BCUT2D eigenvalue weighted by molar-refractivity contribution is 6.34. The molecule has 1 aliphatic carbocycles. The number of aromatic nitrogens is 3. The first-order valence-electron chi connectivity index (χ1n) is 10.6. The molecule has 1 aliphatic rings. The molecule has 0 bridgehead atoms. The van der Waals surface area contributed by atoms with Gasteiger partial charge in [-0.1, -0.05) is 17.7 Å². The quantitative estimate of drug-likeness (QED) is 0.352. The molecule has 7 nitrogen and oxygen atoms in total. The molecule has 1 fully saturated rings. The molecule has 1 amide bonds. The van der Waals surface area contributed by atoms with Crippen LogP contribution in [0.4, 0.5) is 14.6 Å². The molecule has 4 aromatic rings. The van der Waals surface area contributed by atoms with Gasteiger partial charge in [0.15, 0.2) is 23.1 Å². The zero-order valence-corrected chi connectivity index (χ0v) is 18.2. The summed E-state index contributed by atoms with van der Waals surface area (Å²) in [5, 5.41) is 15.3. The van der Waals surface area contributed by atoms with Crippen LogP contribution in [0.1, 0.15) is 29.6 Å². The topological polar surface area (TPSA) is 91.5 Å². The highest BCUT2D eigenvalue weighted by atomic mass is 35.5. The van der Waals surface area contributed by atoms with Crippen LogP contribution in [0.2, 0.25) is 5.02 Å². The number of amides is 1. The first-order valence-corrected chi connectivity index (χ1v) is 11.0. The lowest BCUT2D eigenvalue weighted by atomic mass is 10.1. The van der Waals surface area contributed by atoms with E-state index in [-0.39, 0.29) is 29.1 Å². The fourth-order valence-corrected chi connectivity index (χ4v) is 3.95. The van der Waals surface area contributed by atoms with E-state index in [0.717, 1.165) is 25.0 Å². The Labute approximate surface area is 192 Å². The summed E-state index contributed by atoms with van der Waals surface area (Å²) in [6.07, 6.45) is 4.01. The molecule has 0 spiro atoms. The minimum atomic E-state index is -1.01. The van der Waals surface area contributed by atoms with E-state index in [2.05, 4.69) is 20.6 Å². The van der Waals surface area contributed by atoms with E-state index in [1.807, 2.05) is 0 Å². The van der Waals surface area contributed by atoms with Crippen molar-refractivity contribution in [1.29, 1.82) is 0 Å². The van der Waals surface area contributed by atoms with Crippen LogP contribution in [0.25, 0.3) is 27.9 Å². The molecule has 2 heterocycles. The van der Waals surface area contributed by atoms with Gasteiger partial charge in [0.1, 0.15) is 0 Å². The zero-order chi connectivity index (χ0) is 23.1. The van der Waals surface area contributed by atoms with Crippen molar-refractivity contribution in [2.24, 2.45) is 0 Å². The minimum absolute atomic E-state index is 0.00440. The van der Waals surface area contributed by atoms with Gasteiger partial charge in [0.2, 0.25) is 0 Å². The number of rotatable bonds is 7. The number of halogens is 3. The van der Waals surface area contributed by atoms with Gasteiger partial charge in [-0.05, 0) is 31.4 Å². The van der Waals surface area contributed by atoms with Gasteiger partial charge in [-0.25, -0.2) is 18.7 Å². The molecule has 33 heavy (non-hydrogen) atoms. The Kier molecular flexibility index (Phi) is 5.59. The lowest BCUT2D eigenvalue weighted by molar-refractivity contribution is 0.0951. The van der Waals surface area contributed by atoms with E-state index in [1.165, 1.54) is 0 Å². The molecule has 10 heteroatoms. The standard InChI is InChI=1S/C23H20ClF2N5O2/c24-15-8-12(2-5-14(15)23(33)29-13-3-4-13)20-11-28-22-21(27-6-1-7-32)30-18-9-16(25)17(26)10-19(18)31(20)22/h2,5,8-11,13,32H,1,3-4,6-7H2,(H,27,30)(H,29,33). The number of anilines is 1. The Hall–Kier alpha value is -3.30. The van der Waals surface area contributed by atoms with Crippen molar-refractivity contribution in [3.8, 4) is 11.3 Å². The van der Waals surface area contributed by atoms with Gasteiger partial charge in [-0.2, -0.15) is 0 Å². The normalized spacial score (nSPS) is 13.6. The number of carbonyl (C=O) groups excluding carboxylic acids is 1. The molecule has 2 aromatic carbocycles. The third kappa shape index (κ3) is 4.09. The van der Waals surface area contributed by atoms with Crippen molar-refractivity contribution in [2.75, 3.05) is 18.5 Å². The SMILES string of the molecule is O=C(NC1CC1)c1ccc(-c2cnc3c(NCCCO)nc4cc(F)c(F)cc4n23)cc1Cl. The van der Waals surface area contributed by atoms with Crippen molar-refractivity contribution in [1.82, 2.24) is 19.7 Å². The fraction of sp³-hybridized carbons (Fsp3) is 0.261. The molecule has 0 radical (unpaired) electrons. The number of hydrogen-bond donors (Lipinski definition) is 3. The van der Waals surface area contributed by atoms with Crippen molar-refractivity contribution in [2.45, 2.75) is 25.3 Å². The first kappa shape index (κ1) is 21.5. The van der Waals surface area contributed by atoms with Gasteiger partial charge >= 0.3 is 0 Å². The maximum Gasteiger partial charge on any atom is 0.253 e. The van der Waals surface area contributed by atoms with Gasteiger partial charge in [0, 0.05) is 36.9 Å². The average molecular weight is 472 g/mol. The van der Waals surface area contributed by atoms with Crippen LogP contribution in [0, 0.1) is 11.6 Å². The van der Waals surface area contributed by atoms with Gasteiger partial charge in [0.25, 0.3) is 5.91 Å². The monoisotopic (exact) mass is 471 g/mol. The Morgan fingerprint density at radius 2 is 2.00 bits per heavy atom. The Morgan fingerprint density at radius 1 is 1.21 bits per heavy atom. The molecule has 0 saturated heterocycles. The van der Waals surface area contributed by atoms with Crippen molar-refractivity contribution < 1.29 is 18.7 Å². The van der Waals surface area contributed by atoms with E-state index in [0.29, 0.717) is 46.8 Å². The van der Waals surface area contributed by atoms with Gasteiger partial charge in [0.05, 0.1) is 33.5 Å². The number of hydrogen-bond acceptors (Lipinski definition) is 5. The lowest BCUT2D eigenvalue weighted by Gasteiger charge is -2.12. The second-order valence-electron chi connectivity index (χ2n) is 7.96. The van der Waals surface area contributed by atoms with Crippen LogP contribution in [0.5, 0.6) is 0 Å². The number of imidazole rings is 1. The van der Waals surface area contributed by atoms with E-state index in [9.17, 15) is 13.6 Å². The van der Waals surface area contributed by atoms with Gasteiger partial charge in [-0.3, -0.25) is 9.20 Å². The van der Waals surface area contributed by atoms with E-state index in [4.69, 9.17) is 16.7 Å². The summed E-state index contributed by atoms with van der Waals surface area (Å²) in [7, 11) is 0. The fourth-order valence-electron chi connectivity index (χ4n) is 3.69. The Bertz CT molecular complexity index is 1390. The largest absolute Gasteiger partial charge is 0.396 e. The molecule has 2 aromatic heterocycles. The summed E-state index contributed by atoms with van der Waals surface area (Å²) in [4.78, 5) is 21.3. The smallest absolute Gasteiger partial charge is 0.253 e. The first-order chi connectivity index (χ1) is 16.0. The van der Waals surface area contributed by atoms with Crippen LogP contribution in [0.15, 0.2) is 36.5 Å². The molecule has 0 aliphatic heterocycles. The molecular formula is C23H20ClF2N5O2. The number of aliphatic hydroxyl groups is 1. The average Bonchev–Trinajstić information content (AvgIpc) is 3.49. The zero-order valence-electron chi connectivity index (χ0n) is 17.4. The van der Waals surface area contributed by atoms with Crippen molar-refractivity contribution in [3.05, 3.63) is 58.7 Å². The highest BCUT2D eigenvalue weighted by Crippen LogP contribution is 2.32. The van der Waals surface area contributed by atoms with E-state index in [1.54, 1.807) is 28.8 Å². The molecule has 5 rings (SSSR count). The van der Waals surface area contributed by atoms with Crippen LogP contribution in [-0.2, 0) is 0 Å². The highest BCUT2D eigenvalue weighted by Gasteiger charge is 2.25. The predicted octanol–water partition coefficient (Wildman–Crippen LogP) is 4.17. The summed E-state index contributed by atoms with van der Waals surface area (Å²) in [5.74, 6) is -1.86. The summed E-state index contributed by atoms with van der Waals surface area (Å²) < 4.78 is 29.8. The maximum atomic E-state index is 14.1. The molecule has 0 atom stereocenters. The second kappa shape index (κ2) is 8.57. The van der Waals surface area contributed by atoms with Crippen LogP contribution < -0.4 is 10.6 Å². The second-order valence-corrected chi connectivity index (χ2v) is 8.37. The van der Waals surface area contributed by atoms with E-state index < -0.39 is 11.6 Å². The Balaban J connectivity index is 1.64. The summed E-state index contributed by atoms with van der Waals surface area (Å²) in [5.41, 5.74) is 2.56. The predicted molar refractivity (Wildman–Crippen MR) is 122 cm³/mol.